The first-order chi connectivity index (χ1) is 8.49. The van der Waals surface area contributed by atoms with Crippen LogP contribution in [0.3, 0.4) is 0 Å². The van der Waals surface area contributed by atoms with E-state index in [0.29, 0.717) is 24.7 Å². The Morgan fingerprint density at radius 1 is 1.33 bits per heavy atom. The molecule has 0 aliphatic carbocycles. The smallest absolute Gasteiger partial charge is 0.241 e. The van der Waals surface area contributed by atoms with E-state index in [1.807, 2.05) is 0 Å². The van der Waals surface area contributed by atoms with Gasteiger partial charge in [0, 0.05) is 17.6 Å². The van der Waals surface area contributed by atoms with Gasteiger partial charge in [-0.2, -0.15) is 0 Å². The second-order valence-electron chi connectivity index (χ2n) is 3.65. The van der Waals surface area contributed by atoms with Crippen LogP contribution in [-0.4, -0.2) is 28.2 Å². The molecule has 98 valence electrons. The zero-order valence-electron chi connectivity index (χ0n) is 9.48. The second-order valence-corrected chi connectivity index (χ2v) is 5.95. The maximum Gasteiger partial charge on any atom is 0.241 e. The molecule has 1 N–H and O–H groups in total. The zero-order valence-corrected chi connectivity index (χ0v) is 11.1. The fourth-order valence-corrected chi connectivity index (χ4v) is 2.63. The van der Waals surface area contributed by atoms with E-state index in [2.05, 4.69) is 11.3 Å². The minimum Gasteiger partial charge on any atom is -0.486 e. The molecule has 7 heteroatoms. The van der Waals surface area contributed by atoms with Crippen LogP contribution in [0.15, 0.2) is 34.7 Å². The first-order valence-corrected chi connectivity index (χ1v) is 7.08. The van der Waals surface area contributed by atoms with Gasteiger partial charge in [-0.05, 0) is 12.1 Å². The zero-order chi connectivity index (χ0) is 13.2. The summed E-state index contributed by atoms with van der Waals surface area (Å²) in [4.78, 5) is 0.102. The van der Waals surface area contributed by atoms with Gasteiger partial charge in [-0.15, -0.1) is 0 Å². The summed E-state index contributed by atoms with van der Waals surface area (Å²) in [7, 11) is -3.62. The summed E-state index contributed by atoms with van der Waals surface area (Å²) in [5, 5.41) is 0.219. The van der Waals surface area contributed by atoms with Crippen molar-refractivity contribution < 1.29 is 17.9 Å². The molecule has 0 bridgehead atoms. The van der Waals surface area contributed by atoms with Crippen LogP contribution < -0.4 is 14.2 Å². The van der Waals surface area contributed by atoms with Crippen molar-refractivity contribution in [1.29, 1.82) is 0 Å². The number of benzene rings is 1. The van der Waals surface area contributed by atoms with E-state index in [4.69, 9.17) is 21.1 Å². The number of fused-ring (bicyclic) bond motifs is 1. The predicted molar refractivity (Wildman–Crippen MR) is 67.6 cm³/mol. The number of hydrogen-bond acceptors (Lipinski definition) is 4. The van der Waals surface area contributed by atoms with Gasteiger partial charge in [0.2, 0.25) is 10.0 Å². The van der Waals surface area contributed by atoms with Crippen molar-refractivity contribution >= 4 is 21.6 Å². The minimum atomic E-state index is -3.62. The molecular weight excluding hydrogens is 278 g/mol. The first kappa shape index (κ1) is 13.2. The van der Waals surface area contributed by atoms with Crippen LogP contribution in [-0.2, 0) is 10.0 Å². The van der Waals surface area contributed by atoms with Gasteiger partial charge in [-0.3, -0.25) is 0 Å². The standard InChI is InChI=1S/C11H12ClNO4S/c1-8(12)7-13-18(14,15)9-2-3-10-11(6-9)17-5-4-16-10/h2-3,6,13H,1,4-5,7H2. The monoisotopic (exact) mass is 289 g/mol. The Kier molecular flexibility index (Phi) is 3.79. The molecule has 1 heterocycles. The van der Waals surface area contributed by atoms with Gasteiger partial charge in [-0.25, -0.2) is 13.1 Å². The maximum absolute atomic E-state index is 11.9. The van der Waals surface area contributed by atoms with E-state index in [1.165, 1.54) is 12.1 Å². The fraction of sp³-hybridized carbons (Fsp3) is 0.273. The molecule has 0 aromatic heterocycles. The molecular formula is C11H12ClNO4S. The van der Waals surface area contributed by atoms with Crippen LogP contribution in [0.4, 0.5) is 0 Å². The molecule has 1 aliphatic heterocycles. The van der Waals surface area contributed by atoms with Crippen LogP contribution in [0.1, 0.15) is 0 Å². The van der Waals surface area contributed by atoms with Crippen LogP contribution in [0, 0.1) is 0 Å². The maximum atomic E-state index is 11.9. The highest BCUT2D eigenvalue weighted by Crippen LogP contribution is 2.32. The third-order valence-electron chi connectivity index (χ3n) is 2.28. The van der Waals surface area contributed by atoms with E-state index in [1.54, 1.807) is 6.07 Å². The largest absolute Gasteiger partial charge is 0.486 e. The third kappa shape index (κ3) is 2.95. The summed E-state index contributed by atoms with van der Waals surface area (Å²) >= 11 is 5.52. The molecule has 1 aromatic rings. The molecule has 5 nitrogen and oxygen atoms in total. The Balaban J connectivity index is 2.25. The van der Waals surface area contributed by atoms with Crippen LogP contribution in [0.5, 0.6) is 11.5 Å². The van der Waals surface area contributed by atoms with E-state index in [0.717, 1.165) is 0 Å². The molecule has 2 rings (SSSR count). The lowest BCUT2D eigenvalue weighted by molar-refractivity contribution is 0.171. The van der Waals surface area contributed by atoms with Gasteiger partial charge in [0.25, 0.3) is 0 Å². The Morgan fingerprint density at radius 3 is 2.67 bits per heavy atom. The molecule has 1 aliphatic rings. The van der Waals surface area contributed by atoms with E-state index in [9.17, 15) is 8.42 Å². The van der Waals surface area contributed by atoms with Gasteiger partial charge in [-0.1, -0.05) is 18.2 Å². The van der Waals surface area contributed by atoms with Crippen molar-refractivity contribution in [2.24, 2.45) is 0 Å². The van der Waals surface area contributed by atoms with Gasteiger partial charge in [0.15, 0.2) is 11.5 Å². The molecule has 1 aromatic carbocycles. The van der Waals surface area contributed by atoms with Gasteiger partial charge in [0.05, 0.1) is 4.90 Å². The van der Waals surface area contributed by atoms with E-state index < -0.39 is 10.0 Å². The van der Waals surface area contributed by atoms with Crippen molar-refractivity contribution in [3.63, 3.8) is 0 Å². The van der Waals surface area contributed by atoms with Crippen molar-refractivity contribution in [1.82, 2.24) is 4.72 Å². The molecule has 0 saturated heterocycles. The van der Waals surface area contributed by atoms with E-state index in [-0.39, 0.29) is 16.5 Å². The van der Waals surface area contributed by atoms with Gasteiger partial charge < -0.3 is 9.47 Å². The lowest BCUT2D eigenvalue weighted by atomic mass is 10.3. The molecule has 0 spiro atoms. The van der Waals surface area contributed by atoms with Crippen LogP contribution >= 0.6 is 11.6 Å². The van der Waals surface area contributed by atoms with Crippen molar-refractivity contribution in [3.05, 3.63) is 29.8 Å². The lowest BCUT2D eigenvalue weighted by Crippen LogP contribution is -2.25. The van der Waals surface area contributed by atoms with Crippen LogP contribution in [0.25, 0.3) is 0 Å². The topological polar surface area (TPSA) is 64.6 Å². The Bertz CT molecular complexity index is 570. The number of nitrogens with one attached hydrogen (secondary N) is 1. The lowest BCUT2D eigenvalue weighted by Gasteiger charge is -2.18. The normalized spacial score (nSPS) is 14.3. The highest BCUT2D eigenvalue weighted by molar-refractivity contribution is 7.89. The summed E-state index contributed by atoms with van der Waals surface area (Å²) in [5.41, 5.74) is 0. The Morgan fingerprint density at radius 2 is 2.00 bits per heavy atom. The van der Waals surface area contributed by atoms with Crippen molar-refractivity contribution in [2.45, 2.75) is 4.90 Å². The quantitative estimate of drug-likeness (QED) is 0.912. The Labute approximate surface area is 110 Å². The minimum absolute atomic E-state index is 0.0155. The van der Waals surface area contributed by atoms with Crippen LogP contribution in [0.2, 0.25) is 0 Å². The molecule has 0 saturated carbocycles. The summed E-state index contributed by atoms with van der Waals surface area (Å²) in [6.45, 7) is 4.27. The second kappa shape index (κ2) is 5.17. The number of rotatable bonds is 4. The van der Waals surface area contributed by atoms with Crippen molar-refractivity contribution in [2.75, 3.05) is 19.8 Å². The summed E-state index contributed by atoms with van der Waals surface area (Å²) in [6, 6.07) is 4.44. The van der Waals surface area contributed by atoms with Crippen molar-refractivity contribution in [3.8, 4) is 11.5 Å². The molecule has 0 radical (unpaired) electrons. The summed E-state index contributed by atoms with van der Waals surface area (Å²) in [5.74, 6) is 0.968. The number of ether oxygens (including phenoxy) is 2. The SMILES string of the molecule is C=C(Cl)CNS(=O)(=O)c1ccc2c(c1)OCCO2. The van der Waals surface area contributed by atoms with Gasteiger partial charge >= 0.3 is 0 Å². The summed E-state index contributed by atoms with van der Waals surface area (Å²) < 4.78 is 36.8. The number of halogens is 1. The number of sulfonamides is 1. The highest BCUT2D eigenvalue weighted by atomic mass is 35.5. The molecule has 18 heavy (non-hydrogen) atoms. The average molecular weight is 290 g/mol. The molecule has 0 unspecified atom stereocenters. The van der Waals surface area contributed by atoms with E-state index >= 15 is 0 Å². The molecule has 0 amide bonds. The first-order valence-electron chi connectivity index (χ1n) is 5.21. The highest BCUT2D eigenvalue weighted by Gasteiger charge is 2.18. The van der Waals surface area contributed by atoms with Gasteiger partial charge in [0.1, 0.15) is 13.2 Å². The predicted octanol–water partition coefficient (Wildman–Crippen LogP) is 1.49. The fourth-order valence-electron chi connectivity index (χ4n) is 1.45. The molecule has 0 atom stereocenters. The Hall–Kier alpha value is -1.24. The average Bonchev–Trinajstić information content (AvgIpc) is 2.36. The third-order valence-corrected chi connectivity index (χ3v) is 3.81. The summed E-state index contributed by atoms with van der Waals surface area (Å²) in [6.07, 6.45) is 0. The number of hydrogen-bond donors (Lipinski definition) is 1. The molecule has 0 fully saturated rings.